The van der Waals surface area contributed by atoms with E-state index in [2.05, 4.69) is 0 Å². The van der Waals surface area contributed by atoms with Gasteiger partial charge in [0.25, 0.3) is 0 Å². The maximum Gasteiger partial charge on any atom is 3.00 e. The zero-order chi connectivity index (χ0) is 0. The van der Waals surface area contributed by atoms with E-state index in [0.717, 1.165) is 0 Å². The molecule has 0 aromatic rings. The molecule has 0 rings (SSSR count). The molecule has 4 heteroatoms. The average Bonchev–Trinajstić information content (AvgIpc) is 0. The van der Waals surface area contributed by atoms with E-state index in [-0.39, 0.29) is 69.4 Å². The molecule has 0 aliphatic heterocycles. The van der Waals surface area contributed by atoms with Gasteiger partial charge in [-0.25, -0.2) is 0 Å². The van der Waals surface area contributed by atoms with Crippen molar-refractivity contribution in [2.24, 2.45) is 0 Å². The molecule has 0 heterocycles. The first-order valence-electron chi connectivity index (χ1n) is 0. The number of hydrogen-bond donors (Lipinski definition) is 0. The van der Waals surface area contributed by atoms with E-state index in [0.29, 0.717) is 0 Å². The van der Waals surface area contributed by atoms with Crippen molar-refractivity contribution >= 4 is 69.4 Å². The molecule has 0 amide bonds. The summed E-state index contributed by atoms with van der Waals surface area (Å²) in [7, 11) is 0. The Morgan fingerprint density at radius 3 is 0.500 bits per heavy atom. The topological polar surface area (TPSA) is 0 Å². The summed E-state index contributed by atoms with van der Waals surface area (Å²) in [5.41, 5.74) is 0. The summed E-state index contributed by atoms with van der Waals surface area (Å²) in [6, 6.07) is 0. The predicted molar refractivity (Wildman–Crippen MR) is 39.8 cm³/mol. The summed E-state index contributed by atoms with van der Waals surface area (Å²) in [5, 5.41) is 0. The molecule has 0 unspecified atom stereocenters. The van der Waals surface area contributed by atoms with Crippen molar-refractivity contribution in [1.82, 2.24) is 0 Å². The van der Waals surface area contributed by atoms with Crippen LogP contribution in [0.4, 0.5) is 0 Å². The van der Waals surface area contributed by atoms with E-state index in [1.807, 2.05) is 0 Å². The Kier molecular flexibility index (Phi) is 171. The maximum absolute atomic E-state index is 0. The van der Waals surface area contributed by atoms with Crippen LogP contribution in [0.3, 0.4) is 0 Å². The summed E-state index contributed by atoms with van der Waals surface area (Å²) < 4.78 is 0. The second-order valence-electron chi connectivity index (χ2n) is 0. The first kappa shape index (κ1) is 35.6. The van der Waals surface area contributed by atoms with Gasteiger partial charge in [0.2, 0.25) is 0 Å². The second-order valence-corrected chi connectivity index (χ2v) is 0. The van der Waals surface area contributed by atoms with Gasteiger partial charge < -0.3 is 0 Å². The summed E-state index contributed by atoms with van der Waals surface area (Å²) >= 11 is 0. The molecule has 4 heavy (non-hydrogen) atoms. The van der Waals surface area contributed by atoms with Crippen molar-refractivity contribution in [3.8, 4) is 0 Å². The fourth-order valence-electron chi connectivity index (χ4n) is 0. The Morgan fingerprint density at radius 2 is 0.500 bits per heavy atom. The summed E-state index contributed by atoms with van der Waals surface area (Å²) in [6.45, 7) is 0. The number of hydrogen-bond acceptors (Lipinski definition) is 0. The summed E-state index contributed by atoms with van der Waals surface area (Å²) in [5.74, 6) is 0. The Balaban J connectivity index is 0. The Morgan fingerprint density at radius 1 is 0.500 bits per heavy atom. The minimum absolute atomic E-state index is 0. The van der Waals surface area contributed by atoms with Crippen LogP contribution >= 0.6 is 0 Å². The van der Waals surface area contributed by atoms with Crippen molar-refractivity contribution in [1.29, 1.82) is 0 Å². The third-order valence-electron chi connectivity index (χ3n) is 0. The predicted octanol–water partition coefficient (Wildman–Crippen LogP) is -4.74. The van der Waals surface area contributed by atoms with E-state index >= 15 is 0 Å². The average molecular weight is 120 g/mol. The molecule has 0 atom stereocenters. The second kappa shape index (κ2) is 19.3. The zero-order valence-electron chi connectivity index (χ0n) is 0.577. The van der Waals surface area contributed by atoms with E-state index in [1.165, 1.54) is 0 Å². The van der Waals surface area contributed by atoms with Crippen LogP contribution in [-0.4, -0.2) is 69.4 Å². The van der Waals surface area contributed by atoms with E-state index in [9.17, 15) is 0 Å². The molecule has 0 nitrogen and oxygen atoms in total. The minimum Gasteiger partial charge on any atom is 0.0398 e. The molecule has 0 aromatic carbocycles. The molecule has 0 spiro atoms. The Bertz CT molecular complexity index is 0. The molecule has 0 aliphatic carbocycles. The number of rotatable bonds is 0. The first-order valence-corrected chi connectivity index (χ1v) is 0. The molecule has 0 saturated heterocycles. The SMILES string of the molecule is [Al+3].[AlH4-].[AlH4-].[AlH4-]. The van der Waals surface area contributed by atoms with E-state index in [4.69, 9.17) is 0 Å². The third kappa shape index (κ3) is 8.92. The molecule has 0 aliphatic rings. The van der Waals surface area contributed by atoms with Crippen LogP contribution in [-0.2, 0) is 0 Å². The largest absolute Gasteiger partial charge is 3.00 e. The molecular formula is H12Al4. The smallest absolute Gasteiger partial charge is 0.0398 e. The van der Waals surface area contributed by atoms with Gasteiger partial charge in [0.1, 0.15) is 0 Å². The molecule has 0 fully saturated rings. The van der Waals surface area contributed by atoms with Gasteiger partial charge in [0.15, 0.2) is 0 Å². The van der Waals surface area contributed by atoms with Gasteiger partial charge >= 0.3 is 17.4 Å². The van der Waals surface area contributed by atoms with Crippen LogP contribution in [0.2, 0.25) is 0 Å². The van der Waals surface area contributed by atoms with Crippen molar-refractivity contribution in [2.45, 2.75) is 0 Å². The van der Waals surface area contributed by atoms with Crippen LogP contribution in [0.25, 0.3) is 0 Å². The maximum atomic E-state index is 0. The van der Waals surface area contributed by atoms with Gasteiger partial charge in [-0.05, 0) is 0 Å². The van der Waals surface area contributed by atoms with Gasteiger partial charge in [-0.3, -0.25) is 0 Å². The van der Waals surface area contributed by atoms with Crippen molar-refractivity contribution < 1.29 is 0 Å². The third-order valence-corrected chi connectivity index (χ3v) is 0. The fourth-order valence-corrected chi connectivity index (χ4v) is 0. The molecule has 0 bridgehead atoms. The van der Waals surface area contributed by atoms with Gasteiger partial charge in [0, 0.05) is 52.1 Å². The van der Waals surface area contributed by atoms with Gasteiger partial charge in [-0.2, -0.15) is 0 Å². The molecule has 24 valence electrons. The van der Waals surface area contributed by atoms with Crippen LogP contribution in [0, 0.1) is 0 Å². The van der Waals surface area contributed by atoms with Crippen LogP contribution in [0.15, 0.2) is 0 Å². The molecular weight excluding hydrogens is 108 g/mol. The Labute approximate surface area is 68.9 Å². The van der Waals surface area contributed by atoms with Crippen molar-refractivity contribution in [3.05, 3.63) is 0 Å². The van der Waals surface area contributed by atoms with Gasteiger partial charge in [0.05, 0.1) is 0 Å². The molecule has 0 radical (unpaired) electrons. The zero-order valence-corrected chi connectivity index (χ0v) is 1.73. The first-order chi connectivity index (χ1) is 0. The van der Waals surface area contributed by atoms with E-state index in [1.54, 1.807) is 0 Å². The van der Waals surface area contributed by atoms with Crippen molar-refractivity contribution in [3.63, 3.8) is 0 Å². The summed E-state index contributed by atoms with van der Waals surface area (Å²) in [4.78, 5) is 0. The molecule has 0 saturated carbocycles. The minimum atomic E-state index is 0. The fraction of sp³-hybridized carbons (Fsp3) is 0. The Hall–Kier alpha value is 2.13. The monoisotopic (exact) mass is 120 g/mol. The molecule has 0 N–H and O–H groups in total. The van der Waals surface area contributed by atoms with Crippen molar-refractivity contribution in [2.75, 3.05) is 0 Å². The van der Waals surface area contributed by atoms with E-state index < -0.39 is 0 Å². The quantitative estimate of drug-likeness (QED) is 0.282. The van der Waals surface area contributed by atoms with Crippen LogP contribution in [0.5, 0.6) is 0 Å². The normalized spacial score (nSPS) is 0. The van der Waals surface area contributed by atoms with Gasteiger partial charge in [-0.1, -0.05) is 0 Å². The summed E-state index contributed by atoms with van der Waals surface area (Å²) in [6.07, 6.45) is 0. The molecule has 0 aromatic heterocycles. The van der Waals surface area contributed by atoms with Crippen LogP contribution in [0.1, 0.15) is 0 Å². The standard InChI is InChI=1S/4Al.12H/q3*-1;+3;;;;;;;;;;;;. The van der Waals surface area contributed by atoms with Gasteiger partial charge in [-0.15, -0.1) is 0 Å². The van der Waals surface area contributed by atoms with Crippen LogP contribution < -0.4 is 0 Å².